The number of methoxy groups -OCH3 is 2. The lowest BCUT2D eigenvalue weighted by molar-refractivity contribution is -0.133. The number of aromatic amines is 1. The predicted octanol–water partition coefficient (Wildman–Crippen LogP) is 3.81. The summed E-state index contributed by atoms with van der Waals surface area (Å²) in [6, 6.07) is 11.1. The SMILES string of the molecule is COC(=O)/C(=C/c1ccc(C(=O)OC)[nH]1)c1ccc(C(C)(C)C)cc1. The van der Waals surface area contributed by atoms with Crippen molar-refractivity contribution in [3.05, 3.63) is 58.9 Å². The molecule has 1 aromatic heterocycles. The molecule has 5 nitrogen and oxygen atoms in total. The Labute approximate surface area is 147 Å². The number of H-pyrrole nitrogens is 1. The largest absolute Gasteiger partial charge is 0.465 e. The van der Waals surface area contributed by atoms with Crippen molar-refractivity contribution in [2.24, 2.45) is 0 Å². The molecule has 0 saturated carbocycles. The van der Waals surface area contributed by atoms with E-state index in [1.54, 1.807) is 18.2 Å². The van der Waals surface area contributed by atoms with Gasteiger partial charge in [0.15, 0.2) is 0 Å². The second kappa shape index (κ2) is 7.38. The summed E-state index contributed by atoms with van der Waals surface area (Å²) in [4.78, 5) is 26.7. The first kappa shape index (κ1) is 18.5. The molecule has 0 aliphatic heterocycles. The molecule has 2 aromatic rings. The van der Waals surface area contributed by atoms with Crippen LogP contribution in [0.25, 0.3) is 11.6 Å². The van der Waals surface area contributed by atoms with Gasteiger partial charge in [-0.05, 0) is 34.8 Å². The van der Waals surface area contributed by atoms with Crippen LogP contribution in [0.4, 0.5) is 0 Å². The molecule has 0 unspecified atom stereocenters. The zero-order valence-corrected chi connectivity index (χ0v) is 15.2. The molecule has 2 rings (SSSR count). The molecule has 0 amide bonds. The van der Waals surface area contributed by atoms with Crippen molar-refractivity contribution >= 4 is 23.6 Å². The van der Waals surface area contributed by atoms with Crippen molar-refractivity contribution in [2.45, 2.75) is 26.2 Å². The number of hydrogen-bond donors (Lipinski definition) is 1. The Balaban J connectivity index is 2.41. The maximum absolute atomic E-state index is 12.2. The van der Waals surface area contributed by atoms with E-state index in [4.69, 9.17) is 4.74 Å². The van der Waals surface area contributed by atoms with Gasteiger partial charge in [0.1, 0.15) is 5.69 Å². The van der Waals surface area contributed by atoms with Gasteiger partial charge >= 0.3 is 11.9 Å². The van der Waals surface area contributed by atoms with Crippen LogP contribution in [0.15, 0.2) is 36.4 Å². The van der Waals surface area contributed by atoms with Crippen molar-refractivity contribution in [1.29, 1.82) is 0 Å². The molecule has 0 radical (unpaired) electrons. The average molecular weight is 341 g/mol. The second-order valence-corrected chi connectivity index (χ2v) is 6.70. The minimum atomic E-state index is -0.464. The Morgan fingerprint density at radius 1 is 0.960 bits per heavy atom. The van der Waals surface area contributed by atoms with Crippen molar-refractivity contribution in [1.82, 2.24) is 4.98 Å². The number of nitrogens with one attached hydrogen (secondary N) is 1. The zero-order chi connectivity index (χ0) is 18.6. The van der Waals surface area contributed by atoms with Crippen LogP contribution < -0.4 is 0 Å². The highest BCUT2D eigenvalue weighted by atomic mass is 16.5. The van der Waals surface area contributed by atoms with Gasteiger partial charge in [0, 0.05) is 5.69 Å². The fourth-order valence-electron chi connectivity index (χ4n) is 2.40. The Morgan fingerprint density at radius 2 is 1.60 bits per heavy atom. The van der Waals surface area contributed by atoms with Crippen LogP contribution in [-0.4, -0.2) is 31.1 Å². The molecule has 0 atom stereocenters. The number of rotatable bonds is 4. The quantitative estimate of drug-likeness (QED) is 0.678. The lowest BCUT2D eigenvalue weighted by atomic mass is 9.86. The summed E-state index contributed by atoms with van der Waals surface area (Å²) in [5, 5.41) is 0. The summed E-state index contributed by atoms with van der Waals surface area (Å²) in [5.74, 6) is -0.911. The van der Waals surface area contributed by atoms with E-state index < -0.39 is 11.9 Å². The molecule has 132 valence electrons. The van der Waals surface area contributed by atoms with E-state index in [0.29, 0.717) is 17.0 Å². The van der Waals surface area contributed by atoms with Gasteiger partial charge in [0.25, 0.3) is 0 Å². The van der Waals surface area contributed by atoms with Gasteiger partial charge in [-0.1, -0.05) is 45.0 Å². The number of carbonyl (C=O) groups is 2. The molecular weight excluding hydrogens is 318 g/mol. The summed E-state index contributed by atoms with van der Waals surface area (Å²) in [6.07, 6.45) is 1.66. The standard InChI is InChI=1S/C20H23NO4/c1-20(2,3)14-8-6-13(7-9-14)16(18(22)24-4)12-15-10-11-17(21-15)19(23)25-5/h6-12,21H,1-5H3/b16-12+. The van der Waals surface area contributed by atoms with Crippen LogP contribution in [0.1, 0.15) is 48.1 Å². The lowest BCUT2D eigenvalue weighted by Crippen LogP contribution is -2.11. The Morgan fingerprint density at radius 3 is 2.12 bits per heavy atom. The summed E-state index contributed by atoms with van der Waals surface area (Å²) < 4.78 is 9.57. The molecule has 1 aromatic carbocycles. The van der Waals surface area contributed by atoms with Gasteiger partial charge in [-0.2, -0.15) is 0 Å². The van der Waals surface area contributed by atoms with Crippen LogP contribution in [0.3, 0.4) is 0 Å². The third kappa shape index (κ3) is 4.38. The molecule has 0 spiro atoms. The van der Waals surface area contributed by atoms with E-state index in [-0.39, 0.29) is 5.41 Å². The zero-order valence-electron chi connectivity index (χ0n) is 15.2. The van der Waals surface area contributed by atoms with Crippen LogP contribution in [-0.2, 0) is 19.7 Å². The third-order valence-electron chi connectivity index (χ3n) is 3.88. The lowest BCUT2D eigenvalue weighted by Gasteiger charge is -2.19. The van der Waals surface area contributed by atoms with Crippen molar-refractivity contribution in [3.8, 4) is 0 Å². The summed E-state index contributed by atoms with van der Waals surface area (Å²) >= 11 is 0. The van der Waals surface area contributed by atoms with E-state index in [0.717, 1.165) is 5.56 Å². The Hall–Kier alpha value is -2.82. The molecule has 5 heteroatoms. The minimum Gasteiger partial charge on any atom is -0.465 e. The molecule has 0 saturated heterocycles. The molecule has 0 fully saturated rings. The van der Waals surface area contributed by atoms with Crippen LogP contribution in [0.2, 0.25) is 0 Å². The van der Waals surface area contributed by atoms with Gasteiger partial charge < -0.3 is 14.5 Å². The minimum absolute atomic E-state index is 0.0303. The average Bonchev–Trinajstić information content (AvgIpc) is 3.06. The maximum atomic E-state index is 12.2. The highest BCUT2D eigenvalue weighted by molar-refractivity contribution is 6.21. The second-order valence-electron chi connectivity index (χ2n) is 6.70. The highest BCUT2D eigenvalue weighted by Crippen LogP contribution is 2.26. The molecule has 1 heterocycles. The molecule has 0 aliphatic rings. The molecule has 25 heavy (non-hydrogen) atoms. The number of hydrogen-bond acceptors (Lipinski definition) is 4. The van der Waals surface area contributed by atoms with Crippen molar-refractivity contribution in [2.75, 3.05) is 14.2 Å². The maximum Gasteiger partial charge on any atom is 0.354 e. The van der Waals surface area contributed by atoms with E-state index in [1.165, 1.54) is 19.8 Å². The van der Waals surface area contributed by atoms with E-state index >= 15 is 0 Å². The number of benzene rings is 1. The smallest absolute Gasteiger partial charge is 0.354 e. The summed E-state index contributed by atoms with van der Waals surface area (Å²) in [6.45, 7) is 6.39. The highest BCUT2D eigenvalue weighted by Gasteiger charge is 2.17. The van der Waals surface area contributed by atoms with E-state index in [2.05, 4.69) is 30.5 Å². The Kier molecular flexibility index (Phi) is 5.47. The Bertz CT molecular complexity index is 792. The third-order valence-corrected chi connectivity index (χ3v) is 3.88. The monoisotopic (exact) mass is 341 g/mol. The first-order valence-corrected chi connectivity index (χ1v) is 7.94. The molecule has 0 bridgehead atoms. The van der Waals surface area contributed by atoms with Gasteiger partial charge in [0.2, 0.25) is 0 Å². The van der Waals surface area contributed by atoms with Gasteiger partial charge in [-0.15, -0.1) is 0 Å². The predicted molar refractivity (Wildman–Crippen MR) is 97.2 cm³/mol. The van der Waals surface area contributed by atoms with Gasteiger partial charge in [-0.25, -0.2) is 9.59 Å². The van der Waals surface area contributed by atoms with Crippen molar-refractivity contribution < 1.29 is 19.1 Å². The molecule has 1 N–H and O–H groups in total. The first-order chi connectivity index (χ1) is 11.8. The topological polar surface area (TPSA) is 68.4 Å². The van der Waals surface area contributed by atoms with Gasteiger partial charge in [-0.3, -0.25) is 0 Å². The number of carbonyl (C=O) groups excluding carboxylic acids is 2. The number of aromatic nitrogens is 1. The van der Waals surface area contributed by atoms with Gasteiger partial charge in [0.05, 0.1) is 19.8 Å². The fourth-order valence-corrected chi connectivity index (χ4v) is 2.40. The van der Waals surface area contributed by atoms with Crippen LogP contribution in [0, 0.1) is 0 Å². The summed E-state index contributed by atoms with van der Waals surface area (Å²) in [5.41, 5.74) is 3.29. The van der Waals surface area contributed by atoms with E-state index in [1.807, 2.05) is 24.3 Å². The number of ether oxygens (including phenoxy) is 2. The molecule has 0 aliphatic carbocycles. The van der Waals surface area contributed by atoms with Crippen LogP contribution in [0.5, 0.6) is 0 Å². The van der Waals surface area contributed by atoms with Crippen molar-refractivity contribution in [3.63, 3.8) is 0 Å². The van der Waals surface area contributed by atoms with Crippen LogP contribution >= 0.6 is 0 Å². The molecular formula is C20H23NO4. The number of esters is 2. The fraction of sp³-hybridized carbons (Fsp3) is 0.300. The summed E-state index contributed by atoms with van der Waals surface area (Å²) in [7, 11) is 2.66. The normalized spacial score (nSPS) is 12.0. The van der Waals surface area contributed by atoms with E-state index in [9.17, 15) is 9.59 Å². The first-order valence-electron chi connectivity index (χ1n) is 7.94.